The number of aliphatic hydroxyl groups excluding tert-OH is 1. The molecule has 0 spiro atoms. The predicted molar refractivity (Wildman–Crippen MR) is 80.7 cm³/mol. The zero-order valence-electron chi connectivity index (χ0n) is 12.2. The van der Waals surface area contributed by atoms with Crippen LogP contribution in [0.4, 0.5) is 11.4 Å². The number of hydrogen-bond acceptors (Lipinski definition) is 5. The molecule has 6 nitrogen and oxygen atoms in total. The number of hydrogen-bond donors (Lipinski definition) is 2. The minimum atomic E-state index is -0.419. The summed E-state index contributed by atoms with van der Waals surface area (Å²) in [6.45, 7) is 3.02. The fourth-order valence-electron chi connectivity index (χ4n) is 2.75. The Bertz CT molecular complexity index is 493. The molecule has 0 bridgehead atoms. The van der Waals surface area contributed by atoms with Crippen molar-refractivity contribution in [1.82, 2.24) is 0 Å². The molecule has 1 aromatic rings. The number of nitrogens with zero attached hydrogens (tertiary/aromatic N) is 1. The van der Waals surface area contributed by atoms with Gasteiger partial charge in [-0.3, -0.25) is 10.1 Å². The van der Waals surface area contributed by atoms with E-state index in [9.17, 15) is 15.2 Å². The third kappa shape index (κ3) is 4.60. The summed E-state index contributed by atoms with van der Waals surface area (Å²) in [7, 11) is 0. The Balaban J connectivity index is 2.02. The van der Waals surface area contributed by atoms with Gasteiger partial charge in [0, 0.05) is 24.4 Å². The molecule has 1 fully saturated rings. The first-order valence-electron chi connectivity index (χ1n) is 7.42. The second kappa shape index (κ2) is 7.26. The van der Waals surface area contributed by atoms with Gasteiger partial charge < -0.3 is 15.2 Å². The summed E-state index contributed by atoms with van der Waals surface area (Å²) in [5, 5.41) is 23.9. The fraction of sp³-hybridized carbons (Fsp3) is 0.600. The Morgan fingerprint density at radius 1 is 1.43 bits per heavy atom. The van der Waals surface area contributed by atoms with Crippen molar-refractivity contribution in [2.75, 3.05) is 18.5 Å². The molecule has 0 radical (unpaired) electrons. The van der Waals surface area contributed by atoms with Gasteiger partial charge in [0.05, 0.1) is 23.7 Å². The Hall–Kier alpha value is -1.82. The zero-order chi connectivity index (χ0) is 15.2. The van der Waals surface area contributed by atoms with Gasteiger partial charge in [0.25, 0.3) is 5.69 Å². The van der Waals surface area contributed by atoms with E-state index in [2.05, 4.69) is 5.32 Å². The van der Waals surface area contributed by atoms with Crippen LogP contribution < -0.4 is 10.1 Å². The summed E-state index contributed by atoms with van der Waals surface area (Å²) in [5.41, 5.74) is 0.708. The number of aliphatic hydroxyl groups is 1. The topological polar surface area (TPSA) is 84.6 Å². The maximum atomic E-state index is 10.9. The van der Waals surface area contributed by atoms with Gasteiger partial charge in [0.15, 0.2) is 0 Å². The summed E-state index contributed by atoms with van der Waals surface area (Å²) >= 11 is 0. The van der Waals surface area contributed by atoms with Gasteiger partial charge in [-0.25, -0.2) is 0 Å². The summed E-state index contributed by atoms with van der Waals surface area (Å²) in [5.74, 6) is 0.904. The highest BCUT2D eigenvalue weighted by atomic mass is 16.6. The molecule has 2 N–H and O–H groups in total. The fourth-order valence-corrected chi connectivity index (χ4v) is 2.75. The molecule has 0 aliphatic heterocycles. The number of rotatable bonds is 6. The van der Waals surface area contributed by atoms with Crippen molar-refractivity contribution in [1.29, 1.82) is 0 Å². The first-order valence-corrected chi connectivity index (χ1v) is 7.42. The Morgan fingerprint density at radius 3 is 2.90 bits per heavy atom. The van der Waals surface area contributed by atoms with Crippen molar-refractivity contribution in [2.24, 2.45) is 5.92 Å². The molecule has 116 valence electrons. The highest BCUT2D eigenvalue weighted by Crippen LogP contribution is 2.28. The Labute approximate surface area is 124 Å². The van der Waals surface area contributed by atoms with Crippen LogP contribution in [0.15, 0.2) is 18.2 Å². The molecule has 0 amide bonds. The van der Waals surface area contributed by atoms with Crippen LogP contribution in [0, 0.1) is 16.0 Å². The number of ether oxygens (including phenoxy) is 1. The van der Waals surface area contributed by atoms with Crippen LogP contribution in [-0.4, -0.2) is 29.3 Å². The number of nitrogens with one attached hydrogen (secondary N) is 1. The molecule has 21 heavy (non-hydrogen) atoms. The highest BCUT2D eigenvalue weighted by Gasteiger charge is 2.20. The number of non-ortho nitro benzene ring substituents is 1. The Kier molecular flexibility index (Phi) is 5.38. The average molecular weight is 294 g/mol. The molecular weight excluding hydrogens is 272 g/mol. The summed E-state index contributed by atoms with van der Waals surface area (Å²) in [4.78, 5) is 10.5. The Morgan fingerprint density at radius 2 is 2.24 bits per heavy atom. The third-order valence-electron chi connectivity index (χ3n) is 3.76. The maximum Gasteiger partial charge on any atom is 0.275 e. The van der Waals surface area contributed by atoms with Crippen molar-refractivity contribution in [3.05, 3.63) is 28.3 Å². The lowest BCUT2D eigenvalue weighted by Crippen LogP contribution is -2.25. The van der Waals surface area contributed by atoms with Crippen molar-refractivity contribution >= 4 is 11.4 Å². The molecule has 2 unspecified atom stereocenters. The van der Waals surface area contributed by atoms with E-state index in [1.165, 1.54) is 12.1 Å². The van der Waals surface area contributed by atoms with Gasteiger partial charge >= 0.3 is 0 Å². The minimum Gasteiger partial charge on any atom is -0.494 e. The molecule has 0 saturated heterocycles. The third-order valence-corrected chi connectivity index (χ3v) is 3.76. The summed E-state index contributed by atoms with van der Waals surface area (Å²) < 4.78 is 5.36. The van der Waals surface area contributed by atoms with Crippen LogP contribution in [0.3, 0.4) is 0 Å². The van der Waals surface area contributed by atoms with Crippen LogP contribution in [0.1, 0.15) is 32.6 Å². The minimum absolute atomic E-state index is 0.0205. The van der Waals surface area contributed by atoms with Crippen molar-refractivity contribution in [3.63, 3.8) is 0 Å². The molecule has 1 saturated carbocycles. The largest absolute Gasteiger partial charge is 0.494 e. The average Bonchev–Trinajstić information content (AvgIpc) is 2.45. The maximum absolute atomic E-state index is 10.9. The van der Waals surface area contributed by atoms with E-state index < -0.39 is 4.92 Å². The van der Waals surface area contributed by atoms with Gasteiger partial charge in [0.1, 0.15) is 5.75 Å². The van der Waals surface area contributed by atoms with Gasteiger partial charge in [-0.2, -0.15) is 0 Å². The lowest BCUT2D eigenvalue weighted by molar-refractivity contribution is -0.384. The van der Waals surface area contributed by atoms with Gasteiger partial charge in [0.2, 0.25) is 0 Å². The quantitative estimate of drug-likeness (QED) is 0.622. The van der Waals surface area contributed by atoms with E-state index in [4.69, 9.17) is 4.74 Å². The molecule has 1 aromatic carbocycles. The highest BCUT2D eigenvalue weighted by molar-refractivity contribution is 5.56. The number of benzene rings is 1. The van der Waals surface area contributed by atoms with Gasteiger partial charge in [-0.05, 0) is 32.1 Å². The van der Waals surface area contributed by atoms with E-state index >= 15 is 0 Å². The summed E-state index contributed by atoms with van der Waals surface area (Å²) in [6.07, 6.45) is 3.57. The van der Waals surface area contributed by atoms with Crippen LogP contribution >= 0.6 is 0 Å². The van der Waals surface area contributed by atoms with E-state index in [-0.39, 0.29) is 11.8 Å². The molecule has 1 aliphatic carbocycles. The SMILES string of the molecule is CCOc1cc(NCC2CCCC(O)C2)cc([N+](=O)[O-])c1. The van der Waals surface area contributed by atoms with E-state index in [0.717, 1.165) is 25.7 Å². The van der Waals surface area contributed by atoms with E-state index in [0.29, 0.717) is 30.5 Å². The second-order valence-electron chi connectivity index (χ2n) is 5.47. The van der Waals surface area contributed by atoms with Crippen molar-refractivity contribution in [2.45, 2.75) is 38.7 Å². The first-order chi connectivity index (χ1) is 10.1. The lowest BCUT2D eigenvalue weighted by atomic mass is 9.87. The normalized spacial score (nSPS) is 21.8. The first kappa shape index (κ1) is 15.6. The predicted octanol–water partition coefficient (Wildman–Crippen LogP) is 2.96. The van der Waals surface area contributed by atoms with Gasteiger partial charge in [-0.15, -0.1) is 0 Å². The molecule has 2 atom stereocenters. The van der Waals surface area contributed by atoms with Crippen LogP contribution in [-0.2, 0) is 0 Å². The molecule has 1 aliphatic rings. The lowest BCUT2D eigenvalue weighted by Gasteiger charge is -2.26. The second-order valence-corrected chi connectivity index (χ2v) is 5.47. The van der Waals surface area contributed by atoms with Crippen LogP contribution in [0.25, 0.3) is 0 Å². The smallest absolute Gasteiger partial charge is 0.275 e. The number of anilines is 1. The molecule has 2 rings (SSSR count). The molecule has 6 heteroatoms. The van der Waals surface area contributed by atoms with Crippen LogP contribution in [0.5, 0.6) is 5.75 Å². The van der Waals surface area contributed by atoms with E-state index in [1.807, 2.05) is 6.92 Å². The molecular formula is C15H22N2O4. The van der Waals surface area contributed by atoms with Crippen molar-refractivity contribution < 1.29 is 14.8 Å². The monoisotopic (exact) mass is 294 g/mol. The zero-order valence-corrected chi connectivity index (χ0v) is 12.2. The van der Waals surface area contributed by atoms with Crippen molar-refractivity contribution in [3.8, 4) is 5.75 Å². The standard InChI is InChI=1S/C15H22N2O4/c1-2-21-15-8-12(7-13(9-15)17(19)20)16-10-11-4-3-5-14(18)6-11/h7-9,11,14,16,18H,2-6,10H2,1H3. The number of nitro benzene ring substituents is 1. The summed E-state index contributed by atoms with van der Waals surface area (Å²) in [6, 6.07) is 4.72. The molecule has 0 heterocycles. The number of nitro groups is 1. The molecule has 0 aromatic heterocycles. The van der Waals surface area contributed by atoms with E-state index in [1.54, 1.807) is 6.07 Å². The van der Waals surface area contributed by atoms with Gasteiger partial charge in [-0.1, -0.05) is 6.42 Å². The van der Waals surface area contributed by atoms with Crippen LogP contribution in [0.2, 0.25) is 0 Å².